The van der Waals surface area contributed by atoms with Gasteiger partial charge in [0, 0.05) is 6.04 Å². The Morgan fingerprint density at radius 3 is 2.86 bits per heavy atom. The Labute approximate surface area is 125 Å². The fourth-order valence-electron chi connectivity index (χ4n) is 3.28. The fourth-order valence-corrected chi connectivity index (χ4v) is 3.28. The number of aromatic nitrogens is 2. The second-order valence-corrected chi connectivity index (χ2v) is 6.10. The van der Waals surface area contributed by atoms with Gasteiger partial charge in [-0.15, -0.1) is 0 Å². The van der Waals surface area contributed by atoms with Crippen LogP contribution < -0.4 is 10.9 Å². The minimum atomic E-state index is -0.0530. The summed E-state index contributed by atoms with van der Waals surface area (Å²) in [6, 6.07) is 7.95. The monoisotopic (exact) mass is 285 g/mol. The lowest BCUT2D eigenvalue weighted by molar-refractivity contribution is 0.279. The van der Waals surface area contributed by atoms with Crippen LogP contribution in [-0.4, -0.2) is 16.0 Å². The van der Waals surface area contributed by atoms with Crippen molar-refractivity contribution in [3.05, 3.63) is 40.4 Å². The SMILES string of the molecule is C[C@H](NCc1nc2ccccc2c(=O)[nH]1)C1CCCCC1. The summed E-state index contributed by atoms with van der Waals surface area (Å²) in [4.78, 5) is 19.4. The first-order valence-corrected chi connectivity index (χ1v) is 7.95. The van der Waals surface area contributed by atoms with Crippen molar-refractivity contribution in [2.24, 2.45) is 5.92 Å². The van der Waals surface area contributed by atoms with Crippen molar-refractivity contribution in [3.8, 4) is 0 Å². The molecule has 0 bridgehead atoms. The zero-order valence-corrected chi connectivity index (χ0v) is 12.6. The van der Waals surface area contributed by atoms with E-state index in [2.05, 4.69) is 22.2 Å². The topological polar surface area (TPSA) is 57.8 Å². The molecule has 3 rings (SSSR count). The summed E-state index contributed by atoms with van der Waals surface area (Å²) in [7, 11) is 0. The van der Waals surface area contributed by atoms with Crippen molar-refractivity contribution in [1.82, 2.24) is 15.3 Å². The van der Waals surface area contributed by atoms with Gasteiger partial charge in [-0.1, -0.05) is 31.4 Å². The van der Waals surface area contributed by atoms with Crippen LogP contribution >= 0.6 is 0 Å². The van der Waals surface area contributed by atoms with Crippen LogP contribution in [0.2, 0.25) is 0 Å². The first-order valence-electron chi connectivity index (χ1n) is 7.95. The molecule has 1 fully saturated rings. The molecule has 4 nitrogen and oxygen atoms in total. The standard InChI is InChI=1S/C17H23N3O/c1-12(13-7-3-2-4-8-13)18-11-16-19-15-10-6-5-9-14(15)17(21)20-16/h5-6,9-10,12-13,18H,2-4,7-8,11H2,1H3,(H,19,20,21)/t12-/m0/s1. The maximum absolute atomic E-state index is 12.0. The summed E-state index contributed by atoms with van der Waals surface area (Å²) in [5.74, 6) is 1.48. The molecule has 0 aliphatic heterocycles. The lowest BCUT2D eigenvalue weighted by Crippen LogP contribution is -2.35. The van der Waals surface area contributed by atoms with Gasteiger partial charge in [-0.25, -0.2) is 4.98 Å². The molecule has 0 unspecified atom stereocenters. The first-order chi connectivity index (χ1) is 10.2. The van der Waals surface area contributed by atoms with E-state index in [0.717, 1.165) is 17.3 Å². The van der Waals surface area contributed by atoms with E-state index in [4.69, 9.17) is 0 Å². The molecular weight excluding hydrogens is 262 g/mol. The van der Waals surface area contributed by atoms with Gasteiger partial charge in [-0.2, -0.15) is 0 Å². The number of H-pyrrole nitrogens is 1. The number of aromatic amines is 1. The van der Waals surface area contributed by atoms with E-state index in [1.807, 2.05) is 24.3 Å². The van der Waals surface area contributed by atoms with Crippen molar-refractivity contribution in [3.63, 3.8) is 0 Å². The largest absolute Gasteiger partial charge is 0.309 e. The van der Waals surface area contributed by atoms with Gasteiger partial charge in [0.1, 0.15) is 5.82 Å². The lowest BCUT2D eigenvalue weighted by atomic mass is 9.84. The zero-order chi connectivity index (χ0) is 14.7. The molecule has 0 saturated heterocycles. The van der Waals surface area contributed by atoms with E-state index in [1.165, 1.54) is 32.1 Å². The summed E-state index contributed by atoms with van der Waals surface area (Å²) in [5, 5.41) is 4.18. The first kappa shape index (κ1) is 14.3. The molecule has 1 aliphatic rings. The summed E-state index contributed by atoms with van der Waals surface area (Å²) in [6.45, 7) is 2.87. The number of nitrogens with zero attached hydrogens (tertiary/aromatic N) is 1. The molecule has 1 aliphatic carbocycles. The van der Waals surface area contributed by atoms with E-state index in [1.54, 1.807) is 0 Å². The smallest absolute Gasteiger partial charge is 0.258 e. The molecule has 1 heterocycles. The van der Waals surface area contributed by atoms with E-state index in [0.29, 0.717) is 18.0 Å². The predicted octanol–water partition coefficient (Wildman–Crippen LogP) is 2.98. The van der Waals surface area contributed by atoms with E-state index in [-0.39, 0.29) is 5.56 Å². The molecule has 1 aromatic carbocycles. The van der Waals surface area contributed by atoms with Crippen LogP contribution in [0.25, 0.3) is 10.9 Å². The molecular formula is C17H23N3O. The Morgan fingerprint density at radius 1 is 1.29 bits per heavy atom. The lowest BCUT2D eigenvalue weighted by Gasteiger charge is -2.28. The highest BCUT2D eigenvalue weighted by Gasteiger charge is 2.19. The molecule has 112 valence electrons. The highest BCUT2D eigenvalue weighted by molar-refractivity contribution is 5.77. The third-order valence-corrected chi connectivity index (χ3v) is 4.61. The molecule has 0 spiro atoms. The minimum Gasteiger partial charge on any atom is -0.309 e. The van der Waals surface area contributed by atoms with Gasteiger partial charge in [0.15, 0.2) is 0 Å². The average Bonchev–Trinajstić information content (AvgIpc) is 2.53. The Kier molecular flexibility index (Phi) is 4.34. The van der Waals surface area contributed by atoms with Crippen molar-refractivity contribution < 1.29 is 0 Å². The maximum Gasteiger partial charge on any atom is 0.258 e. The number of rotatable bonds is 4. The van der Waals surface area contributed by atoms with E-state index < -0.39 is 0 Å². The third kappa shape index (κ3) is 3.32. The summed E-state index contributed by atoms with van der Waals surface area (Å²) in [5.41, 5.74) is 0.714. The fraction of sp³-hybridized carbons (Fsp3) is 0.529. The molecule has 1 atom stereocenters. The molecule has 2 aromatic rings. The number of nitrogens with one attached hydrogen (secondary N) is 2. The summed E-state index contributed by atoms with van der Waals surface area (Å²) < 4.78 is 0. The van der Waals surface area contributed by atoms with Gasteiger partial charge in [-0.05, 0) is 37.8 Å². The van der Waals surface area contributed by atoms with Crippen molar-refractivity contribution >= 4 is 10.9 Å². The summed E-state index contributed by atoms with van der Waals surface area (Å²) >= 11 is 0. The third-order valence-electron chi connectivity index (χ3n) is 4.61. The van der Waals surface area contributed by atoms with Crippen LogP contribution in [0.3, 0.4) is 0 Å². The molecule has 0 radical (unpaired) electrons. The molecule has 4 heteroatoms. The van der Waals surface area contributed by atoms with Gasteiger partial charge in [0.25, 0.3) is 5.56 Å². The molecule has 21 heavy (non-hydrogen) atoms. The highest BCUT2D eigenvalue weighted by atomic mass is 16.1. The van der Waals surface area contributed by atoms with Gasteiger partial charge < -0.3 is 10.3 Å². The van der Waals surface area contributed by atoms with Crippen LogP contribution in [0, 0.1) is 5.92 Å². The van der Waals surface area contributed by atoms with E-state index in [9.17, 15) is 4.79 Å². The Hall–Kier alpha value is -1.68. The zero-order valence-electron chi connectivity index (χ0n) is 12.6. The summed E-state index contributed by atoms with van der Waals surface area (Å²) in [6.07, 6.45) is 6.71. The van der Waals surface area contributed by atoms with E-state index >= 15 is 0 Å². The van der Waals surface area contributed by atoms with Gasteiger partial charge in [0.05, 0.1) is 17.4 Å². The Morgan fingerprint density at radius 2 is 2.05 bits per heavy atom. The minimum absolute atomic E-state index is 0.0530. The molecule has 1 saturated carbocycles. The van der Waals surface area contributed by atoms with Crippen LogP contribution in [0.5, 0.6) is 0 Å². The van der Waals surface area contributed by atoms with Crippen LogP contribution in [0.1, 0.15) is 44.9 Å². The van der Waals surface area contributed by atoms with Gasteiger partial charge >= 0.3 is 0 Å². The second-order valence-electron chi connectivity index (χ2n) is 6.10. The van der Waals surface area contributed by atoms with Crippen molar-refractivity contribution in [2.45, 2.75) is 51.6 Å². The normalized spacial score (nSPS) is 18.0. The van der Waals surface area contributed by atoms with Crippen molar-refractivity contribution in [1.29, 1.82) is 0 Å². The molecule has 0 amide bonds. The van der Waals surface area contributed by atoms with Crippen LogP contribution in [0.4, 0.5) is 0 Å². The van der Waals surface area contributed by atoms with Gasteiger partial charge in [-0.3, -0.25) is 4.79 Å². The van der Waals surface area contributed by atoms with Gasteiger partial charge in [0.2, 0.25) is 0 Å². The quantitative estimate of drug-likeness (QED) is 0.908. The molecule has 1 aromatic heterocycles. The highest BCUT2D eigenvalue weighted by Crippen LogP contribution is 2.26. The second kappa shape index (κ2) is 6.39. The van der Waals surface area contributed by atoms with Crippen LogP contribution in [-0.2, 0) is 6.54 Å². The number of hydrogen-bond acceptors (Lipinski definition) is 3. The number of para-hydroxylation sites is 1. The maximum atomic E-state index is 12.0. The number of benzene rings is 1. The Bertz CT molecular complexity index is 658. The number of hydrogen-bond donors (Lipinski definition) is 2. The average molecular weight is 285 g/mol. The Balaban J connectivity index is 1.69. The number of fused-ring (bicyclic) bond motifs is 1. The predicted molar refractivity (Wildman–Crippen MR) is 85.2 cm³/mol. The molecule has 2 N–H and O–H groups in total. The van der Waals surface area contributed by atoms with Crippen LogP contribution in [0.15, 0.2) is 29.1 Å². The van der Waals surface area contributed by atoms with Crippen molar-refractivity contribution in [2.75, 3.05) is 0 Å².